The highest BCUT2D eigenvalue weighted by molar-refractivity contribution is 6.01. The molecule has 0 bridgehead atoms. The van der Waals surface area contributed by atoms with Crippen LogP contribution >= 0.6 is 0 Å². The molecule has 0 radical (unpaired) electrons. The number of rotatable bonds is 6. The van der Waals surface area contributed by atoms with Gasteiger partial charge in [-0.05, 0) is 30.7 Å². The van der Waals surface area contributed by atoms with Gasteiger partial charge in [0.15, 0.2) is 0 Å². The second-order valence-corrected chi connectivity index (χ2v) is 7.31. The van der Waals surface area contributed by atoms with Gasteiger partial charge in [-0.1, -0.05) is 30.3 Å². The van der Waals surface area contributed by atoms with Crippen LogP contribution in [0.5, 0.6) is 0 Å². The Labute approximate surface area is 180 Å². The van der Waals surface area contributed by atoms with Crippen LogP contribution in [0.3, 0.4) is 0 Å². The maximum absolute atomic E-state index is 12.8. The molecule has 0 aromatic heterocycles. The van der Waals surface area contributed by atoms with Crippen molar-refractivity contribution in [2.75, 3.05) is 26.1 Å². The SMILES string of the molecule is COC(=O)c1cc(NC(=O)[C@H]2CC(=O)N([C@@H](C)c3ccccc3)C2)cc(C(=O)OC)c1. The molecule has 2 atom stereocenters. The first-order chi connectivity index (χ1) is 14.8. The molecule has 2 amide bonds. The van der Waals surface area contributed by atoms with Crippen molar-refractivity contribution in [1.29, 1.82) is 0 Å². The smallest absolute Gasteiger partial charge is 0.337 e. The molecule has 0 saturated carbocycles. The third-order valence-electron chi connectivity index (χ3n) is 5.32. The number of hydrogen-bond acceptors (Lipinski definition) is 6. The summed E-state index contributed by atoms with van der Waals surface area (Å²) in [5.41, 5.74) is 1.44. The predicted molar refractivity (Wildman–Crippen MR) is 112 cm³/mol. The van der Waals surface area contributed by atoms with Crippen LogP contribution in [0.25, 0.3) is 0 Å². The van der Waals surface area contributed by atoms with E-state index in [4.69, 9.17) is 9.47 Å². The van der Waals surface area contributed by atoms with Crippen LogP contribution in [-0.4, -0.2) is 49.4 Å². The average Bonchev–Trinajstić information content (AvgIpc) is 3.19. The number of esters is 2. The highest BCUT2D eigenvalue weighted by Crippen LogP contribution is 2.29. The Morgan fingerprint density at radius 2 is 1.58 bits per heavy atom. The van der Waals surface area contributed by atoms with Crippen LogP contribution in [0.1, 0.15) is 45.7 Å². The minimum absolute atomic E-state index is 0.0869. The molecule has 0 unspecified atom stereocenters. The van der Waals surface area contributed by atoms with E-state index in [2.05, 4.69) is 5.32 Å². The summed E-state index contributed by atoms with van der Waals surface area (Å²) in [6.45, 7) is 2.21. The molecule has 3 rings (SSSR count). The quantitative estimate of drug-likeness (QED) is 0.716. The van der Waals surface area contributed by atoms with Gasteiger partial charge in [0.2, 0.25) is 11.8 Å². The van der Waals surface area contributed by atoms with E-state index in [1.54, 1.807) is 4.90 Å². The molecular formula is C23H24N2O6. The van der Waals surface area contributed by atoms with Gasteiger partial charge in [0.25, 0.3) is 0 Å². The number of anilines is 1. The minimum Gasteiger partial charge on any atom is -0.465 e. The highest BCUT2D eigenvalue weighted by atomic mass is 16.5. The van der Waals surface area contributed by atoms with Gasteiger partial charge in [-0.25, -0.2) is 9.59 Å². The lowest BCUT2D eigenvalue weighted by Gasteiger charge is -2.25. The summed E-state index contributed by atoms with van der Waals surface area (Å²) < 4.78 is 9.41. The zero-order valence-corrected chi connectivity index (χ0v) is 17.6. The number of likely N-dealkylation sites (tertiary alicyclic amines) is 1. The predicted octanol–water partition coefficient (Wildman–Crippen LogP) is 2.81. The molecule has 1 aliphatic heterocycles. The summed E-state index contributed by atoms with van der Waals surface area (Å²) in [6, 6.07) is 13.6. The second kappa shape index (κ2) is 9.42. The maximum Gasteiger partial charge on any atom is 0.337 e. The molecule has 1 N–H and O–H groups in total. The normalized spacial score (nSPS) is 16.5. The molecule has 0 aliphatic carbocycles. The monoisotopic (exact) mass is 424 g/mol. The molecule has 2 aromatic rings. The number of carbonyl (C=O) groups is 4. The molecule has 1 fully saturated rings. The van der Waals surface area contributed by atoms with Crippen molar-refractivity contribution in [2.45, 2.75) is 19.4 Å². The first-order valence-corrected chi connectivity index (χ1v) is 9.81. The number of methoxy groups -OCH3 is 2. The van der Waals surface area contributed by atoms with Crippen LogP contribution in [-0.2, 0) is 19.1 Å². The van der Waals surface area contributed by atoms with Crippen molar-refractivity contribution in [3.05, 3.63) is 65.2 Å². The summed E-state index contributed by atoms with van der Waals surface area (Å²) in [5.74, 6) is -2.33. The topological polar surface area (TPSA) is 102 Å². The van der Waals surface area contributed by atoms with Gasteiger partial charge in [-0.15, -0.1) is 0 Å². The average molecular weight is 424 g/mol. The Kier molecular flexibility index (Phi) is 6.69. The lowest BCUT2D eigenvalue weighted by Crippen LogP contribution is -2.30. The summed E-state index contributed by atoms with van der Waals surface area (Å²) in [7, 11) is 2.44. The van der Waals surface area contributed by atoms with E-state index in [0.29, 0.717) is 0 Å². The third kappa shape index (κ3) is 4.91. The van der Waals surface area contributed by atoms with E-state index >= 15 is 0 Å². The van der Waals surface area contributed by atoms with E-state index in [1.165, 1.54) is 32.4 Å². The molecule has 8 nitrogen and oxygen atoms in total. The Morgan fingerprint density at radius 1 is 1.00 bits per heavy atom. The molecule has 31 heavy (non-hydrogen) atoms. The Bertz CT molecular complexity index is 970. The summed E-state index contributed by atoms with van der Waals surface area (Å²) in [4.78, 5) is 50.9. The number of carbonyl (C=O) groups excluding carboxylic acids is 4. The number of nitrogens with one attached hydrogen (secondary N) is 1. The van der Waals surface area contributed by atoms with Gasteiger partial charge in [0.1, 0.15) is 0 Å². The van der Waals surface area contributed by atoms with Crippen molar-refractivity contribution >= 4 is 29.4 Å². The third-order valence-corrected chi connectivity index (χ3v) is 5.32. The van der Waals surface area contributed by atoms with Crippen LogP contribution < -0.4 is 5.32 Å². The van der Waals surface area contributed by atoms with Crippen LogP contribution in [0.15, 0.2) is 48.5 Å². The number of amides is 2. The minimum atomic E-state index is -0.653. The first kappa shape index (κ1) is 22.0. The zero-order valence-electron chi connectivity index (χ0n) is 17.6. The van der Waals surface area contributed by atoms with Gasteiger partial charge >= 0.3 is 11.9 Å². The van der Waals surface area contributed by atoms with Gasteiger partial charge in [-0.2, -0.15) is 0 Å². The van der Waals surface area contributed by atoms with Gasteiger partial charge < -0.3 is 19.7 Å². The summed E-state index contributed by atoms with van der Waals surface area (Å²) in [5, 5.41) is 2.71. The Balaban J connectivity index is 1.76. The number of nitrogens with zero attached hydrogens (tertiary/aromatic N) is 1. The molecule has 1 heterocycles. The van der Waals surface area contributed by atoms with Crippen molar-refractivity contribution in [3.8, 4) is 0 Å². The van der Waals surface area contributed by atoms with Crippen LogP contribution in [0, 0.1) is 5.92 Å². The van der Waals surface area contributed by atoms with E-state index in [1.807, 2.05) is 37.3 Å². The van der Waals surface area contributed by atoms with E-state index in [-0.39, 0.29) is 47.6 Å². The summed E-state index contributed by atoms with van der Waals surface area (Å²) >= 11 is 0. The lowest BCUT2D eigenvalue weighted by atomic mass is 10.1. The molecule has 0 spiro atoms. The second-order valence-electron chi connectivity index (χ2n) is 7.31. The number of ether oxygens (including phenoxy) is 2. The molecule has 2 aromatic carbocycles. The Morgan fingerprint density at radius 3 is 2.13 bits per heavy atom. The van der Waals surface area contributed by atoms with Crippen molar-refractivity contribution in [1.82, 2.24) is 4.90 Å². The molecular weight excluding hydrogens is 400 g/mol. The Hall–Kier alpha value is -3.68. The molecule has 1 saturated heterocycles. The van der Waals surface area contributed by atoms with Crippen molar-refractivity contribution in [2.24, 2.45) is 5.92 Å². The largest absolute Gasteiger partial charge is 0.465 e. The van der Waals surface area contributed by atoms with Crippen molar-refractivity contribution in [3.63, 3.8) is 0 Å². The van der Waals surface area contributed by atoms with E-state index in [0.717, 1.165) is 5.56 Å². The molecule has 8 heteroatoms. The van der Waals surface area contributed by atoms with Crippen LogP contribution in [0.4, 0.5) is 5.69 Å². The van der Waals surface area contributed by atoms with E-state index < -0.39 is 17.9 Å². The van der Waals surface area contributed by atoms with Crippen molar-refractivity contribution < 1.29 is 28.7 Å². The fourth-order valence-corrected chi connectivity index (χ4v) is 3.61. The standard InChI is InChI=1S/C23H24N2O6/c1-14(15-7-5-4-6-8-15)25-13-18(12-20(25)26)21(27)24-19-10-16(22(28)30-2)9-17(11-19)23(29)31-3/h4-11,14,18H,12-13H2,1-3H3,(H,24,27)/t14-,18-/m0/s1. The number of hydrogen-bond donors (Lipinski definition) is 1. The summed E-state index contributed by atoms with van der Waals surface area (Å²) in [6.07, 6.45) is 0.0869. The molecule has 162 valence electrons. The fourth-order valence-electron chi connectivity index (χ4n) is 3.61. The van der Waals surface area contributed by atoms with E-state index in [9.17, 15) is 19.2 Å². The lowest BCUT2D eigenvalue weighted by molar-refractivity contribution is -0.129. The first-order valence-electron chi connectivity index (χ1n) is 9.81. The van der Waals surface area contributed by atoms with Gasteiger partial charge in [-0.3, -0.25) is 9.59 Å². The highest BCUT2D eigenvalue weighted by Gasteiger charge is 2.37. The van der Waals surface area contributed by atoms with Crippen LogP contribution in [0.2, 0.25) is 0 Å². The fraction of sp³-hybridized carbons (Fsp3) is 0.304. The van der Waals surface area contributed by atoms with Gasteiger partial charge in [0, 0.05) is 18.7 Å². The molecule has 1 aliphatic rings. The zero-order chi connectivity index (χ0) is 22.5. The van der Waals surface area contributed by atoms with Gasteiger partial charge in [0.05, 0.1) is 37.3 Å². The number of benzene rings is 2. The maximum atomic E-state index is 12.8.